The molecule has 0 fully saturated rings. The molecule has 3 aromatic rings. The summed E-state index contributed by atoms with van der Waals surface area (Å²) >= 11 is 0. The van der Waals surface area contributed by atoms with Gasteiger partial charge in [0.2, 0.25) is 5.75 Å². The molecule has 162 valence electrons. The molecule has 8 heteroatoms. The van der Waals surface area contributed by atoms with Crippen molar-refractivity contribution in [2.24, 2.45) is 0 Å². The van der Waals surface area contributed by atoms with Crippen LogP contribution in [0.5, 0.6) is 23.0 Å². The highest BCUT2D eigenvalue weighted by molar-refractivity contribution is 6.08. The van der Waals surface area contributed by atoms with Gasteiger partial charge in [-0.1, -0.05) is 0 Å². The number of methoxy groups -OCH3 is 3. The van der Waals surface area contributed by atoms with Crippen molar-refractivity contribution in [2.75, 3.05) is 38.6 Å². The summed E-state index contributed by atoms with van der Waals surface area (Å²) in [5.74, 6) is 2.19. The van der Waals surface area contributed by atoms with Gasteiger partial charge in [-0.15, -0.1) is 0 Å². The molecule has 0 spiro atoms. The van der Waals surface area contributed by atoms with Crippen LogP contribution in [0.3, 0.4) is 0 Å². The Hall–Kier alpha value is -3.94. The van der Waals surface area contributed by atoms with E-state index in [0.29, 0.717) is 40.9 Å². The second-order valence-corrected chi connectivity index (χ2v) is 6.35. The first kappa shape index (κ1) is 21.8. The van der Waals surface area contributed by atoms with E-state index in [1.54, 1.807) is 30.5 Å². The van der Waals surface area contributed by atoms with Gasteiger partial charge >= 0.3 is 0 Å². The van der Waals surface area contributed by atoms with Crippen molar-refractivity contribution < 1.29 is 23.7 Å². The Kier molecular flexibility index (Phi) is 7.16. The van der Waals surface area contributed by atoms with Crippen LogP contribution in [0.4, 0.5) is 17.2 Å². The van der Waals surface area contributed by atoms with Gasteiger partial charge in [0.15, 0.2) is 11.5 Å². The number of rotatable bonds is 9. The quantitative estimate of drug-likeness (QED) is 0.523. The molecule has 31 heavy (non-hydrogen) atoms. The van der Waals surface area contributed by atoms with Crippen LogP contribution < -0.4 is 29.6 Å². The number of hydrogen-bond donors (Lipinski definition) is 2. The Morgan fingerprint density at radius 2 is 1.61 bits per heavy atom. The molecule has 1 amide bonds. The maximum atomic E-state index is 13.0. The SMILES string of the molecule is CCOc1ccc(Nc2ncccc2C(=O)Nc2cc(OC)c(OC)c(OC)c2)cc1. The molecule has 0 aliphatic rings. The lowest BCUT2D eigenvalue weighted by Crippen LogP contribution is -2.15. The van der Waals surface area contributed by atoms with Gasteiger partial charge in [-0.2, -0.15) is 0 Å². The summed E-state index contributed by atoms with van der Waals surface area (Å²) in [5.41, 5.74) is 1.66. The van der Waals surface area contributed by atoms with E-state index in [1.165, 1.54) is 21.3 Å². The number of anilines is 3. The number of aromatic nitrogens is 1. The van der Waals surface area contributed by atoms with E-state index < -0.39 is 0 Å². The minimum absolute atomic E-state index is 0.337. The van der Waals surface area contributed by atoms with E-state index in [0.717, 1.165) is 11.4 Å². The summed E-state index contributed by atoms with van der Waals surface area (Å²) in [6.45, 7) is 2.52. The van der Waals surface area contributed by atoms with Gasteiger partial charge in [-0.25, -0.2) is 4.98 Å². The van der Waals surface area contributed by atoms with Crippen LogP contribution in [0.1, 0.15) is 17.3 Å². The lowest BCUT2D eigenvalue weighted by atomic mass is 10.2. The Morgan fingerprint density at radius 3 is 2.19 bits per heavy atom. The predicted octanol–water partition coefficient (Wildman–Crippen LogP) is 4.50. The number of benzene rings is 2. The van der Waals surface area contributed by atoms with Gasteiger partial charge in [0.1, 0.15) is 11.6 Å². The van der Waals surface area contributed by atoms with Crippen LogP contribution >= 0.6 is 0 Å². The fourth-order valence-corrected chi connectivity index (χ4v) is 2.98. The summed E-state index contributed by atoms with van der Waals surface area (Å²) in [6, 6.07) is 14.1. The summed E-state index contributed by atoms with van der Waals surface area (Å²) < 4.78 is 21.5. The van der Waals surface area contributed by atoms with Crippen LogP contribution in [-0.2, 0) is 0 Å². The maximum absolute atomic E-state index is 13.0. The number of ether oxygens (including phenoxy) is 4. The monoisotopic (exact) mass is 423 g/mol. The lowest BCUT2D eigenvalue weighted by Gasteiger charge is -2.15. The Morgan fingerprint density at radius 1 is 0.935 bits per heavy atom. The highest BCUT2D eigenvalue weighted by Gasteiger charge is 2.17. The lowest BCUT2D eigenvalue weighted by molar-refractivity contribution is 0.102. The van der Waals surface area contributed by atoms with Gasteiger partial charge in [0, 0.05) is 29.7 Å². The zero-order valence-electron chi connectivity index (χ0n) is 17.9. The molecule has 0 aliphatic carbocycles. The third-order valence-electron chi connectivity index (χ3n) is 4.40. The number of carbonyl (C=O) groups is 1. The number of nitrogens with zero attached hydrogens (tertiary/aromatic N) is 1. The summed E-state index contributed by atoms with van der Waals surface area (Å²) in [5, 5.41) is 6.03. The largest absolute Gasteiger partial charge is 0.494 e. The molecular formula is C23H25N3O5. The van der Waals surface area contributed by atoms with Crippen molar-refractivity contribution in [3.63, 3.8) is 0 Å². The maximum Gasteiger partial charge on any atom is 0.259 e. The predicted molar refractivity (Wildman–Crippen MR) is 119 cm³/mol. The number of pyridine rings is 1. The first-order valence-corrected chi connectivity index (χ1v) is 9.65. The average Bonchev–Trinajstić information content (AvgIpc) is 2.80. The van der Waals surface area contributed by atoms with Crippen molar-refractivity contribution in [3.05, 3.63) is 60.3 Å². The van der Waals surface area contributed by atoms with Gasteiger partial charge in [-0.3, -0.25) is 4.79 Å². The van der Waals surface area contributed by atoms with Crippen molar-refractivity contribution in [1.29, 1.82) is 0 Å². The van der Waals surface area contributed by atoms with Crippen LogP contribution in [0, 0.1) is 0 Å². The summed E-state index contributed by atoms with van der Waals surface area (Å²) in [4.78, 5) is 17.3. The van der Waals surface area contributed by atoms with Crippen LogP contribution in [0.25, 0.3) is 0 Å². The number of nitrogens with one attached hydrogen (secondary N) is 2. The number of carbonyl (C=O) groups excluding carboxylic acids is 1. The van der Waals surface area contributed by atoms with Crippen LogP contribution in [-0.4, -0.2) is 38.8 Å². The third-order valence-corrected chi connectivity index (χ3v) is 4.40. The molecule has 0 aliphatic heterocycles. The van der Waals surface area contributed by atoms with Gasteiger partial charge < -0.3 is 29.6 Å². The second kappa shape index (κ2) is 10.2. The fourth-order valence-electron chi connectivity index (χ4n) is 2.98. The molecule has 0 radical (unpaired) electrons. The number of hydrogen-bond acceptors (Lipinski definition) is 7. The van der Waals surface area contributed by atoms with Crippen molar-refractivity contribution in [2.45, 2.75) is 6.92 Å². The van der Waals surface area contributed by atoms with E-state index in [2.05, 4.69) is 15.6 Å². The second-order valence-electron chi connectivity index (χ2n) is 6.35. The van der Waals surface area contributed by atoms with Gasteiger partial charge in [0.25, 0.3) is 5.91 Å². The first-order valence-electron chi connectivity index (χ1n) is 9.65. The zero-order chi connectivity index (χ0) is 22.2. The van der Waals surface area contributed by atoms with E-state index in [4.69, 9.17) is 18.9 Å². The molecule has 3 rings (SSSR count). The highest BCUT2D eigenvalue weighted by atomic mass is 16.5. The minimum Gasteiger partial charge on any atom is -0.494 e. The van der Waals surface area contributed by atoms with E-state index in [-0.39, 0.29) is 5.91 Å². The van der Waals surface area contributed by atoms with Gasteiger partial charge in [-0.05, 0) is 43.3 Å². The molecule has 0 bridgehead atoms. The number of amides is 1. The van der Waals surface area contributed by atoms with Crippen molar-refractivity contribution >= 4 is 23.1 Å². The van der Waals surface area contributed by atoms with Crippen LogP contribution in [0.15, 0.2) is 54.7 Å². The minimum atomic E-state index is -0.337. The van der Waals surface area contributed by atoms with E-state index in [1.807, 2.05) is 31.2 Å². The average molecular weight is 423 g/mol. The molecule has 2 N–H and O–H groups in total. The molecule has 1 heterocycles. The molecule has 0 saturated heterocycles. The Bertz CT molecular complexity index is 1010. The Balaban J connectivity index is 1.83. The molecule has 8 nitrogen and oxygen atoms in total. The first-order chi connectivity index (χ1) is 15.1. The van der Waals surface area contributed by atoms with Gasteiger partial charge in [0.05, 0.1) is 33.5 Å². The topological polar surface area (TPSA) is 90.9 Å². The molecule has 0 saturated carbocycles. The van der Waals surface area contributed by atoms with Crippen molar-refractivity contribution in [1.82, 2.24) is 4.98 Å². The molecule has 0 unspecified atom stereocenters. The fraction of sp³-hybridized carbons (Fsp3) is 0.217. The smallest absolute Gasteiger partial charge is 0.259 e. The van der Waals surface area contributed by atoms with E-state index >= 15 is 0 Å². The normalized spacial score (nSPS) is 10.2. The standard InChI is InChI=1S/C23H25N3O5/c1-5-31-17-10-8-15(9-11-17)25-22-18(7-6-12-24-22)23(27)26-16-13-19(28-2)21(30-4)20(14-16)29-3/h6-14H,5H2,1-4H3,(H,24,25)(H,26,27). The zero-order valence-corrected chi connectivity index (χ0v) is 17.9. The molecule has 1 aromatic heterocycles. The van der Waals surface area contributed by atoms with Crippen molar-refractivity contribution in [3.8, 4) is 23.0 Å². The Labute approximate surface area is 181 Å². The summed E-state index contributed by atoms with van der Waals surface area (Å²) in [7, 11) is 4.55. The van der Waals surface area contributed by atoms with Crippen LogP contribution in [0.2, 0.25) is 0 Å². The van der Waals surface area contributed by atoms with E-state index in [9.17, 15) is 4.79 Å². The molecule has 0 atom stereocenters. The summed E-state index contributed by atoms with van der Waals surface area (Å²) in [6.07, 6.45) is 1.62. The molecular weight excluding hydrogens is 398 g/mol. The highest BCUT2D eigenvalue weighted by Crippen LogP contribution is 2.40. The molecule has 2 aromatic carbocycles. The third kappa shape index (κ3) is 5.16.